The van der Waals surface area contributed by atoms with Crippen LogP contribution in [0.1, 0.15) is 19.8 Å². The number of carbonyl (C=O) groups is 1. The standard InChI is InChI=1S/C14H22N4O3S/c1-3-20-14(19)18-8-6-17(7-9-18)13-12-11(5-4-10-21-12)15-22(2)16-13/h3-10H2,1-2H3. The first-order valence-corrected chi connectivity index (χ1v) is 9.23. The summed E-state index contributed by atoms with van der Waals surface area (Å²) < 4.78 is 20.2. The molecule has 1 unspecified atom stereocenters. The van der Waals surface area contributed by atoms with E-state index in [1.807, 2.05) is 13.2 Å². The van der Waals surface area contributed by atoms with E-state index in [0.717, 1.165) is 49.8 Å². The molecule has 0 spiro atoms. The molecule has 2 fully saturated rings. The van der Waals surface area contributed by atoms with Gasteiger partial charge in [0.1, 0.15) is 0 Å². The number of ether oxygens (including phenoxy) is 2. The Kier molecular flexibility index (Phi) is 4.66. The molecule has 2 saturated heterocycles. The van der Waals surface area contributed by atoms with Gasteiger partial charge in [-0.25, -0.2) is 9.19 Å². The summed E-state index contributed by atoms with van der Waals surface area (Å²) in [6, 6.07) is 0. The van der Waals surface area contributed by atoms with E-state index in [9.17, 15) is 4.79 Å². The van der Waals surface area contributed by atoms with Crippen molar-refractivity contribution < 1.29 is 14.3 Å². The van der Waals surface area contributed by atoms with Crippen molar-refractivity contribution in [2.45, 2.75) is 19.8 Å². The number of rotatable bonds is 2. The molecule has 1 atom stereocenters. The Morgan fingerprint density at radius 2 is 2.14 bits per heavy atom. The summed E-state index contributed by atoms with van der Waals surface area (Å²) in [5.41, 5.74) is 1.05. The second-order valence-electron chi connectivity index (χ2n) is 5.35. The minimum Gasteiger partial charge on any atom is -0.488 e. The highest BCUT2D eigenvalue weighted by Gasteiger charge is 2.30. The first-order chi connectivity index (χ1) is 10.7. The van der Waals surface area contributed by atoms with Gasteiger partial charge in [0.25, 0.3) is 0 Å². The third kappa shape index (κ3) is 3.11. The van der Waals surface area contributed by atoms with Crippen LogP contribution in [0, 0.1) is 0 Å². The molecular weight excluding hydrogens is 304 g/mol. The minimum atomic E-state index is -0.333. The van der Waals surface area contributed by atoms with E-state index in [4.69, 9.17) is 9.47 Å². The Labute approximate surface area is 133 Å². The van der Waals surface area contributed by atoms with Gasteiger partial charge in [-0.2, -0.15) is 4.36 Å². The zero-order chi connectivity index (χ0) is 15.5. The average Bonchev–Trinajstić information content (AvgIpc) is 2.54. The van der Waals surface area contributed by atoms with Crippen molar-refractivity contribution in [1.29, 1.82) is 0 Å². The lowest BCUT2D eigenvalue weighted by molar-refractivity contribution is 0.0848. The molecule has 0 saturated carbocycles. The average molecular weight is 326 g/mol. The van der Waals surface area contributed by atoms with Gasteiger partial charge in [0.2, 0.25) is 0 Å². The molecular formula is C14H22N4O3S. The lowest BCUT2D eigenvalue weighted by Crippen LogP contribution is -2.49. The number of carbonyl (C=O) groups excluding carboxylic acids is 1. The Morgan fingerprint density at radius 1 is 1.36 bits per heavy atom. The van der Waals surface area contributed by atoms with Gasteiger partial charge in [-0.3, -0.25) is 0 Å². The molecule has 22 heavy (non-hydrogen) atoms. The van der Waals surface area contributed by atoms with Crippen molar-refractivity contribution >= 4 is 22.7 Å². The Balaban J connectivity index is 1.71. The van der Waals surface area contributed by atoms with E-state index in [-0.39, 0.29) is 17.0 Å². The molecule has 1 amide bonds. The first-order valence-electron chi connectivity index (χ1n) is 7.68. The summed E-state index contributed by atoms with van der Waals surface area (Å²) >= 11 is 0. The van der Waals surface area contributed by atoms with Crippen LogP contribution in [0.15, 0.2) is 20.3 Å². The maximum atomic E-state index is 11.8. The first kappa shape index (κ1) is 15.3. The van der Waals surface area contributed by atoms with Crippen LogP contribution in [0.5, 0.6) is 0 Å². The zero-order valence-corrected chi connectivity index (χ0v) is 13.9. The molecule has 0 N–H and O–H groups in total. The topological polar surface area (TPSA) is 66.7 Å². The van der Waals surface area contributed by atoms with Crippen molar-refractivity contribution in [3.8, 4) is 0 Å². The summed E-state index contributed by atoms with van der Waals surface area (Å²) in [5, 5.41) is 0. The van der Waals surface area contributed by atoms with Crippen LogP contribution in [0.4, 0.5) is 4.79 Å². The van der Waals surface area contributed by atoms with Crippen LogP contribution >= 0.6 is 0 Å². The molecule has 0 aliphatic carbocycles. The van der Waals surface area contributed by atoms with Crippen molar-refractivity contribution in [2.24, 2.45) is 8.76 Å². The van der Waals surface area contributed by atoms with Crippen LogP contribution in [0.25, 0.3) is 0 Å². The number of hydrogen-bond donors (Lipinski definition) is 0. The van der Waals surface area contributed by atoms with Crippen molar-refractivity contribution in [3.05, 3.63) is 11.6 Å². The van der Waals surface area contributed by atoms with E-state index in [2.05, 4.69) is 13.7 Å². The molecule has 0 aromatic carbocycles. The predicted molar refractivity (Wildman–Crippen MR) is 85.5 cm³/mol. The fourth-order valence-electron chi connectivity index (χ4n) is 2.75. The lowest BCUT2D eigenvalue weighted by Gasteiger charge is -2.37. The predicted octanol–water partition coefficient (Wildman–Crippen LogP) is 1.54. The highest BCUT2D eigenvalue weighted by molar-refractivity contribution is 7.85. The highest BCUT2D eigenvalue weighted by atomic mass is 32.2. The van der Waals surface area contributed by atoms with Crippen LogP contribution in [0.3, 0.4) is 0 Å². The van der Waals surface area contributed by atoms with Gasteiger partial charge in [-0.05, 0) is 19.8 Å². The van der Waals surface area contributed by atoms with Gasteiger partial charge in [-0.15, -0.1) is 0 Å². The summed E-state index contributed by atoms with van der Waals surface area (Å²) in [4.78, 5) is 15.7. The molecule has 8 heteroatoms. The maximum absolute atomic E-state index is 11.8. The quantitative estimate of drug-likeness (QED) is 0.772. The SMILES string of the molecule is CCOC(=O)N1CCN(C2=C3OCCCC3=NS(C)=N2)CC1. The Hall–Kier alpha value is -1.57. The van der Waals surface area contributed by atoms with E-state index in [0.29, 0.717) is 19.7 Å². The second kappa shape index (κ2) is 6.68. The van der Waals surface area contributed by atoms with Gasteiger partial charge >= 0.3 is 6.09 Å². The van der Waals surface area contributed by atoms with E-state index < -0.39 is 0 Å². The van der Waals surface area contributed by atoms with Crippen LogP contribution < -0.4 is 0 Å². The fourth-order valence-corrected chi connectivity index (χ4v) is 3.74. The van der Waals surface area contributed by atoms with Crippen LogP contribution in [0.2, 0.25) is 0 Å². The number of amides is 1. The summed E-state index contributed by atoms with van der Waals surface area (Å²) in [7, 11) is -0.333. The maximum Gasteiger partial charge on any atom is 0.409 e. The summed E-state index contributed by atoms with van der Waals surface area (Å²) in [5.74, 6) is 1.76. The third-order valence-corrected chi connectivity index (χ3v) is 4.76. The van der Waals surface area contributed by atoms with Crippen molar-refractivity contribution in [3.63, 3.8) is 0 Å². The highest BCUT2D eigenvalue weighted by Crippen LogP contribution is 2.27. The number of allylic oxidation sites excluding steroid dienone is 1. The normalized spacial score (nSPS) is 25.0. The monoisotopic (exact) mass is 326 g/mol. The number of hydrogen-bond acceptors (Lipinski definition) is 6. The smallest absolute Gasteiger partial charge is 0.409 e. The molecule has 0 aromatic heterocycles. The van der Waals surface area contributed by atoms with Gasteiger partial charge in [0.15, 0.2) is 11.6 Å². The number of nitrogens with zero attached hydrogens (tertiary/aromatic N) is 4. The fraction of sp³-hybridized carbons (Fsp3) is 0.714. The Morgan fingerprint density at radius 3 is 2.86 bits per heavy atom. The minimum absolute atomic E-state index is 0.230. The summed E-state index contributed by atoms with van der Waals surface area (Å²) in [6.07, 6.45) is 3.78. The molecule has 3 aliphatic heterocycles. The molecule has 3 aliphatic rings. The largest absolute Gasteiger partial charge is 0.488 e. The zero-order valence-electron chi connectivity index (χ0n) is 13.1. The van der Waals surface area contributed by atoms with Gasteiger partial charge < -0.3 is 19.3 Å². The van der Waals surface area contributed by atoms with Crippen LogP contribution in [-0.4, -0.2) is 67.3 Å². The van der Waals surface area contributed by atoms with E-state index >= 15 is 0 Å². The van der Waals surface area contributed by atoms with Crippen molar-refractivity contribution in [2.75, 3.05) is 45.6 Å². The number of fused-ring (bicyclic) bond motifs is 1. The lowest BCUT2D eigenvalue weighted by atomic mass is 10.1. The van der Waals surface area contributed by atoms with E-state index in [1.54, 1.807) is 4.90 Å². The van der Waals surface area contributed by atoms with Gasteiger partial charge in [-0.1, -0.05) is 0 Å². The molecule has 7 nitrogen and oxygen atoms in total. The molecule has 0 bridgehead atoms. The van der Waals surface area contributed by atoms with Crippen LogP contribution in [-0.2, 0) is 20.4 Å². The van der Waals surface area contributed by atoms with Gasteiger partial charge in [0.05, 0.1) is 18.9 Å². The molecule has 122 valence electrons. The molecule has 3 heterocycles. The second-order valence-corrected chi connectivity index (χ2v) is 6.61. The van der Waals surface area contributed by atoms with E-state index in [1.165, 1.54) is 0 Å². The number of piperazine rings is 1. The third-order valence-electron chi connectivity index (χ3n) is 3.84. The van der Waals surface area contributed by atoms with Crippen molar-refractivity contribution in [1.82, 2.24) is 9.80 Å². The molecule has 3 rings (SSSR count). The Bertz CT molecular complexity index is 550. The van der Waals surface area contributed by atoms with Gasteiger partial charge in [0, 0.05) is 43.3 Å². The summed E-state index contributed by atoms with van der Waals surface area (Å²) in [6.45, 7) is 5.75. The molecule has 0 aromatic rings. The molecule has 0 radical (unpaired) electrons.